The molecule has 0 bridgehead atoms. The van der Waals surface area contributed by atoms with Crippen LogP contribution in [0.25, 0.3) is 10.9 Å². The second-order valence-corrected chi connectivity index (χ2v) is 9.34. The predicted octanol–water partition coefficient (Wildman–Crippen LogP) is 5.88. The van der Waals surface area contributed by atoms with Gasteiger partial charge < -0.3 is 25.2 Å². The number of hydrogen-bond acceptors (Lipinski definition) is 6. The number of methoxy groups -OCH3 is 1. The summed E-state index contributed by atoms with van der Waals surface area (Å²) in [6.07, 6.45) is 2.25. The normalized spacial score (nSPS) is 13.4. The van der Waals surface area contributed by atoms with Crippen LogP contribution in [-0.4, -0.2) is 35.0 Å². The Hall–Kier alpha value is -4.70. The third-order valence-electron chi connectivity index (χ3n) is 6.38. The van der Waals surface area contributed by atoms with Gasteiger partial charge in [-0.15, -0.1) is 0 Å². The summed E-state index contributed by atoms with van der Waals surface area (Å²) in [5.74, 6) is -1.82. The Kier molecular flexibility index (Phi) is 6.80. The smallest absolute Gasteiger partial charge is 0.339 e. The summed E-state index contributed by atoms with van der Waals surface area (Å²) < 4.78 is 24.3. The second kappa shape index (κ2) is 10.2. The molecule has 1 aliphatic rings. The van der Waals surface area contributed by atoms with E-state index < -0.39 is 29.0 Å². The molecule has 198 valence electrons. The van der Waals surface area contributed by atoms with E-state index in [1.54, 1.807) is 18.2 Å². The van der Waals surface area contributed by atoms with E-state index >= 15 is 0 Å². The van der Waals surface area contributed by atoms with Gasteiger partial charge in [-0.2, -0.15) is 0 Å². The first-order valence-electron chi connectivity index (χ1n) is 11.8. The van der Waals surface area contributed by atoms with Crippen molar-refractivity contribution in [2.24, 2.45) is 5.41 Å². The summed E-state index contributed by atoms with van der Waals surface area (Å²) in [5, 5.41) is 15.5. The minimum Gasteiger partial charge on any atom is -0.496 e. The van der Waals surface area contributed by atoms with Gasteiger partial charge in [0.15, 0.2) is 0 Å². The van der Waals surface area contributed by atoms with Crippen LogP contribution in [0.1, 0.15) is 23.2 Å². The zero-order chi connectivity index (χ0) is 27.7. The van der Waals surface area contributed by atoms with E-state index in [0.717, 1.165) is 0 Å². The van der Waals surface area contributed by atoms with Crippen molar-refractivity contribution in [3.63, 3.8) is 0 Å². The number of fused-ring (bicyclic) bond motifs is 1. The number of carboxylic acids is 1. The summed E-state index contributed by atoms with van der Waals surface area (Å²) in [6.45, 7) is 0. The number of aromatic carboxylic acids is 1. The van der Waals surface area contributed by atoms with Crippen LogP contribution in [0.15, 0.2) is 66.9 Å². The molecule has 0 saturated heterocycles. The van der Waals surface area contributed by atoms with Gasteiger partial charge in [-0.05, 0) is 67.4 Å². The van der Waals surface area contributed by atoms with E-state index in [-0.39, 0.29) is 22.1 Å². The predicted molar refractivity (Wildman–Crippen MR) is 142 cm³/mol. The molecule has 0 spiro atoms. The summed E-state index contributed by atoms with van der Waals surface area (Å²) in [6, 6.07) is 14.4. The first-order valence-corrected chi connectivity index (χ1v) is 12.1. The Balaban J connectivity index is 1.32. The molecular formula is C28H21ClFN3O6. The van der Waals surface area contributed by atoms with E-state index in [9.17, 15) is 23.9 Å². The molecule has 5 rings (SSSR count). The number of halogens is 2. The lowest BCUT2D eigenvalue weighted by atomic mass is 10.0. The largest absolute Gasteiger partial charge is 0.496 e. The SMILES string of the molecule is COc1cc2nccc(Oc3ccc(NC(=O)C4(C(=O)Nc5ccc(F)cc5)CC4)cc3Cl)c2cc1C(=O)O. The fourth-order valence-corrected chi connectivity index (χ4v) is 4.29. The number of carbonyl (C=O) groups is 3. The van der Waals surface area contributed by atoms with Crippen LogP contribution >= 0.6 is 11.6 Å². The Bertz CT molecular complexity index is 1620. The number of nitrogens with zero attached hydrogens (tertiary/aromatic N) is 1. The number of carbonyl (C=O) groups excluding carboxylic acids is 2. The molecule has 1 aliphatic carbocycles. The second-order valence-electron chi connectivity index (χ2n) is 8.93. The number of anilines is 2. The molecule has 1 fully saturated rings. The van der Waals surface area contributed by atoms with Gasteiger partial charge in [-0.25, -0.2) is 9.18 Å². The molecule has 39 heavy (non-hydrogen) atoms. The molecule has 1 saturated carbocycles. The van der Waals surface area contributed by atoms with E-state index in [1.807, 2.05) is 0 Å². The van der Waals surface area contributed by atoms with E-state index in [1.165, 1.54) is 55.8 Å². The summed E-state index contributed by atoms with van der Waals surface area (Å²) in [5.41, 5.74) is -0.0692. The van der Waals surface area contributed by atoms with E-state index in [2.05, 4.69) is 15.6 Å². The van der Waals surface area contributed by atoms with Gasteiger partial charge in [0.25, 0.3) is 0 Å². The molecule has 0 radical (unpaired) electrons. The highest BCUT2D eigenvalue weighted by Gasteiger charge is 2.56. The van der Waals surface area contributed by atoms with Gasteiger partial charge in [0.05, 0.1) is 17.6 Å². The molecular weight excluding hydrogens is 529 g/mol. The Morgan fingerprint density at radius 3 is 2.21 bits per heavy atom. The average Bonchev–Trinajstić information content (AvgIpc) is 3.73. The number of rotatable bonds is 8. The molecule has 4 aromatic rings. The average molecular weight is 550 g/mol. The quantitative estimate of drug-likeness (QED) is 0.234. The van der Waals surface area contributed by atoms with Crippen molar-refractivity contribution in [2.45, 2.75) is 12.8 Å². The minimum absolute atomic E-state index is 0.0514. The number of carboxylic acid groups (broad SMARTS) is 1. The first kappa shape index (κ1) is 25.9. The van der Waals surface area contributed by atoms with Crippen molar-refractivity contribution in [1.82, 2.24) is 4.98 Å². The molecule has 0 atom stereocenters. The molecule has 2 amide bonds. The molecule has 0 aliphatic heterocycles. The number of nitrogens with one attached hydrogen (secondary N) is 2. The number of amides is 2. The Labute approximate surface area is 226 Å². The first-order chi connectivity index (χ1) is 18.7. The van der Waals surface area contributed by atoms with Crippen LogP contribution in [0.3, 0.4) is 0 Å². The summed E-state index contributed by atoms with van der Waals surface area (Å²) in [7, 11) is 1.37. The van der Waals surface area contributed by atoms with Crippen molar-refractivity contribution in [3.8, 4) is 17.2 Å². The van der Waals surface area contributed by atoms with Gasteiger partial charge in [0.1, 0.15) is 34.0 Å². The van der Waals surface area contributed by atoms with Crippen molar-refractivity contribution in [3.05, 3.63) is 83.3 Å². The van der Waals surface area contributed by atoms with Crippen LogP contribution in [-0.2, 0) is 9.59 Å². The highest BCUT2D eigenvalue weighted by atomic mass is 35.5. The van der Waals surface area contributed by atoms with E-state index in [4.69, 9.17) is 21.1 Å². The third-order valence-corrected chi connectivity index (χ3v) is 6.68. The lowest BCUT2D eigenvalue weighted by Gasteiger charge is -2.16. The van der Waals surface area contributed by atoms with Crippen LogP contribution in [0.4, 0.5) is 15.8 Å². The number of pyridine rings is 1. The molecule has 0 unspecified atom stereocenters. The molecule has 3 N–H and O–H groups in total. The monoisotopic (exact) mass is 549 g/mol. The number of ether oxygens (including phenoxy) is 2. The van der Waals surface area contributed by atoms with Crippen LogP contribution in [0.2, 0.25) is 5.02 Å². The van der Waals surface area contributed by atoms with Gasteiger partial charge in [0.2, 0.25) is 11.8 Å². The van der Waals surface area contributed by atoms with Crippen LogP contribution in [0.5, 0.6) is 17.2 Å². The van der Waals surface area contributed by atoms with Gasteiger partial charge >= 0.3 is 5.97 Å². The van der Waals surface area contributed by atoms with Crippen molar-refractivity contribution in [1.29, 1.82) is 0 Å². The van der Waals surface area contributed by atoms with Gasteiger partial charge in [0, 0.05) is 29.0 Å². The number of benzene rings is 3. The highest BCUT2D eigenvalue weighted by Crippen LogP contribution is 2.48. The van der Waals surface area contributed by atoms with Gasteiger partial charge in [-0.3, -0.25) is 14.6 Å². The zero-order valence-electron chi connectivity index (χ0n) is 20.5. The molecule has 1 heterocycles. The standard InChI is InChI=1S/C28H21ClFN3O6/c1-38-24-14-21-18(13-19(24)25(34)35)22(8-11-31-21)39-23-7-6-17(12-20(23)29)33-27(37)28(9-10-28)26(36)32-16-4-2-15(30)3-5-16/h2-8,11-14H,9-10H2,1H3,(H,32,36)(H,33,37)(H,34,35). The highest BCUT2D eigenvalue weighted by molar-refractivity contribution is 6.32. The summed E-state index contributed by atoms with van der Waals surface area (Å²) in [4.78, 5) is 41.7. The number of aromatic nitrogens is 1. The summed E-state index contributed by atoms with van der Waals surface area (Å²) >= 11 is 6.44. The Morgan fingerprint density at radius 2 is 1.59 bits per heavy atom. The van der Waals surface area contributed by atoms with Crippen molar-refractivity contribution in [2.75, 3.05) is 17.7 Å². The van der Waals surface area contributed by atoms with E-state index in [0.29, 0.717) is 40.9 Å². The third kappa shape index (κ3) is 5.19. The molecule has 9 nitrogen and oxygen atoms in total. The van der Waals surface area contributed by atoms with Crippen molar-refractivity contribution >= 4 is 51.7 Å². The molecule has 1 aromatic heterocycles. The molecule has 11 heteroatoms. The Morgan fingerprint density at radius 1 is 0.923 bits per heavy atom. The van der Waals surface area contributed by atoms with Gasteiger partial charge in [-0.1, -0.05) is 11.6 Å². The maximum absolute atomic E-state index is 13.1. The van der Waals surface area contributed by atoms with Crippen molar-refractivity contribution < 1.29 is 33.4 Å². The maximum atomic E-state index is 13.1. The molecule has 3 aromatic carbocycles. The lowest BCUT2D eigenvalue weighted by molar-refractivity contribution is -0.131. The van der Waals surface area contributed by atoms with Crippen LogP contribution in [0, 0.1) is 11.2 Å². The fraction of sp³-hybridized carbons (Fsp3) is 0.143. The van der Waals surface area contributed by atoms with Crippen LogP contribution < -0.4 is 20.1 Å². The lowest BCUT2D eigenvalue weighted by Crippen LogP contribution is -2.35. The topological polar surface area (TPSA) is 127 Å². The zero-order valence-corrected chi connectivity index (χ0v) is 21.2. The number of hydrogen-bond donors (Lipinski definition) is 3. The minimum atomic E-state index is -1.23. The maximum Gasteiger partial charge on any atom is 0.339 e. The fourth-order valence-electron chi connectivity index (χ4n) is 4.07.